The molecule has 8 rings (SSSR count). The zero-order chi connectivity index (χ0) is 38.4. The number of nitrogens with one attached hydrogen (secondary N) is 2. The van der Waals surface area contributed by atoms with E-state index in [1.807, 2.05) is 60.4 Å². The van der Waals surface area contributed by atoms with Crippen LogP contribution in [0.25, 0.3) is 10.9 Å². The number of pyridine rings is 1. The van der Waals surface area contributed by atoms with Crippen molar-refractivity contribution in [3.63, 3.8) is 0 Å². The number of nitrogens with zero attached hydrogens (tertiary/aromatic N) is 2. The summed E-state index contributed by atoms with van der Waals surface area (Å²) in [6.45, 7) is 7.72. The van der Waals surface area contributed by atoms with Gasteiger partial charge in [-0.25, -0.2) is 0 Å². The molecule has 11 heteroatoms. The number of piperidine rings is 4. The van der Waals surface area contributed by atoms with E-state index in [0.29, 0.717) is 67.9 Å². The molecule has 0 aliphatic carbocycles. The summed E-state index contributed by atoms with van der Waals surface area (Å²) in [6, 6.07) is 22.1. The smallest absolute Gasteiger partial charge is 0.317 e. The number of carbonyl (C=O) groups is 2. The van der Waals surface area contributed by atoms with E-state index in [-0.39, 0.29) is 29.3 Å². The molecular weight excluding hydrogens is 697 g/mol. The van der Waals surface area contributed by atoms with E-state index in [9.17, 15) is 24.6 Å². The van der Waals surface area contributed by atoms with Crippen molar-refractivity contribution in [2.75, 3.05) is 52.4 Å². The number of fused-ring (bicyclic) bond motifs is 4. The Hall–Kier alpha value is -4.71. The number of aromatic nitrogens is 1. The minimum atomic E-state index is -0.784. The standard InChI is InChI=1S/C44H54N4O7/c1-30-26-31(10-14-38(30)54-25-7-3-6-20-45-28-37(50)34-11-13-36(49)42-35(34)12-15-40(51)46-42)27-41(52)48-23-18-44(19-24-48,33-8-4-2-5-9-33)43(53)55-39-29-47-21-16-32(39)17-22-47/h2,4-5,8-15,26,32,37,39,45,49-50H,3,6-7,16-25,27-29H2,1H3,(H,46,51)/t37-,39-/m0/s1. The second-order valence-electron chi connectivity index (χ2n) is 15.6. The van der Waals surface area contributed by atoms with Crippen molar-refractivity contribution in [3.8, 4) is 11.5 Å². The molecule has 0 radical (unpaired) electrons. The number of aryl methyl sites for hydroxylation is 1. The Bertz CT molecular complexity index is 2000. The summed E-state index contributed by atoms with van der Waals surface area (Å²) < 4.78 is 12.4. The Morgan fingerprint density at radius 1 is 0.964 bits per heavy atom. The number of aromatic amines is 1. The Morgan fingerprint density at radius 3 is 2.47 bits per heavy atom. The summed E-state index contributed by atoms with van der Waals surface area (Å²) in [5, 5.41) is 24.8. The number of likely N-dealkylation sites (tertiary alicyclic amines) is 1. The third-order valence-electron chi connectivity index (χ3n) is 12.0. The van der Waals surface area contributed by atoms with Gasteiger partial charge in [-0.2, -0.15) is 0 Å². The highest BCUT2D eigenvalue weighted by Gasteiger charge is 2.47. The molecule has 1 aromatic heterocycles. The molecule has 2 atom stereocenters. The van der Waals surface area contributed by atoms with Crippen LogP contribution >= 0.6 is 0 Å². The number of aliphatic hydroxyl groups excluding tert-OH is 1. The molecule has 4 aliphatic heterocycles. The molecule has 3 aromatic carbocycles. The molecule has 0 saturated carbocycles. The fourth-order valence-electron chi connectivity index (χ4n) is 8.68. The van der Waals surface area contributed by atoms with E-state index < -0.39 is 11.5 Å². The average molecular weight is 751 g/mol. The van der Waals surface area contributed by atoms with E-state index in [0.717, 1.165) is 80.7 Å². The maximum atomic E-state index is 14.0. The summed E-state index contributed by atoms with van der Waals surface area (Å²) in [6.07, 6.45) is 5.51. The van der Waals surface area contributed by atoms with Gasteiger partial charge in [0.2, 0.25) is 11.5 Å². The maximum absolute atomic E-state index is 14.0. The zero-order valence-electron chi connectivity index (χ0n) is 31.8. The van der Waals surface area contributed by atoms with Crippen molar-refractivity contribution in [2.45, 2.75) is 75.9 Å². The molecule has 4 N–H and O–H groups in total. The van der Waals surface area contributed by atoms with Gasteiger partial charge in [-0.3, -0.25) is 19.3 Å². The lowest BCUT2D eigenvalue weighted by atomic mass is 9.72. The first-order valence-corrected chi connectivity index (χ1v) is 19.9. The fourth-order valence-corrected chi connectivity index (χ4v) is 8.68. The van der Waals surface area contributed by atoms with Crippen LogP contribution in [0.15, 0.2) is 77.6 Å². The van der Waals surface area contributed by atoms with Gasteiger partial charge in [0.15, 0.2) is 0 Å². The lowest BCUT2D eigenvalue weighted by Gasteiger charge is -2.46. The van der Waals surface area contributed by atoms with E-state index in [1.54, 1.807) is 12.1 Å². The van der Waals surface area contributed by atoms with Crippen molar-refractivity contribution in [3.05, 3.63) is 105 Å². The van der Waals surface area contributed by atoms with Crippen molar-refractivity contribution in [1.29, 1.82) is 0 Å². The zero-order valence-corrected chi connectivity index (χ0v) is 31.8. The van der Waals surface area contributed by atoms with E-state index in [1.165, 1.54) is 12.1 Å². The highest BCUT2D eigenvalue weighted by Crippen LogP contribution is 2.39. The lowest BCUT2D eigenvalue weighted by Crippen LogP contribution is -2.55. The number of benzene rings is 3. The minimum Gasteiger partial charge on any atom is -0.506 e. The van der Waals surface area contributed by atoms with Gasteiger partial charge >= 0.3 is 5.97 Å². The fraction of sp³-hybridized carbons (Fsp3) is 0.477. The Balaban J connectivity index is 0.831. The molecule has 4 aliphatic rings. The third-order valence-corrected chi connectivity index (χ3v) is 12.0. The number of unbranched alkanes of at least 4 members (excludes halogenated alkanes) is 2. The number of H-pyrrole nitrogens is 1. The van der Waals surface area contributed by atoms with Gasteiger partial charge in [-0.05, 0) is 118 Å². The Kier molecular flexibility index (Phi) is 12.2. The first-order chi connectivity index (χ1) is 26.7. The number of ether oxygens (including phenoxy) is 2. The van der Waals surface area contributed by atoms with Crippen LogP contribution in [-0.2, 0) is 26.2 Å². The predicted octanol–water partition coefficient (Wildman–Crippen LogP) is 5.15. The van der Waals surface area contributed by atoms with Gasteiger partial charge in [0, 0.05) is 37.6 Å². The van der Waals surface area contributed by atoms with E-state index >= 15 is 0 Å². The van der Waals surface area contributed by atoms with Gasteiger partial charge in [0.25, 0.3) is 0 Å². The number of aromatic hydroxyl groups is 1. The van der Waals surface area contributed by atoms with Crippen molar-refractivity contribution in [2.24, 2.45) is 5.92 Å². The number of hydrogen-bond acceptors (Lipinski definition) is 9. The van der Waals surface area contributed by atoms with Gasteiger partial charge in [-0.1, -0.05) is 48.5 Å². The highest BCUT2D eigenvalue weighted by molar-refractivity contribution is 5.87. The summed E-state index contributed by atoms with van der Waals surface area (Å²) in [4.78, 5) is 46.1. The van der Waals surface area contributed by atoms with Crippen molar-refractivity contribution in [1.82, 2.24) is 20.1 Å². The number of phenols is 1. The number of carbonyl (C=O) groups excluding carboxylic acids is 2. The van der Waals surface area contributed by atoms with Gasteiger partial charge in [0.05, 0.1) is 30.1 Å². The number of hydrogen-bond donors (Lipinski definition) is 4. The summed E-state index contributed by atoms with van der Waals surface area (Å²) in [7, 11) is 0. The van der Waals surface area contributed by atoms with E-state index in [4.69, 9.17) is 9.47 Å². The Labute approximate surface area is 322 Å². The highest BCUT2D eigenvalue weighted by atomic mass is 16.5. The van der Waals surface area contributed by atoms with Gasteiger partial charge < -0.3 is 34.9 Å². The molecule has 2 bridgehead atoms. The molecule has 5 heterocycles. The molecule has 0 spiro atoms. The van der Waals surface area contributed by atoms with Crippen LogP contribution in [0.4, 0.5) is 0 Å². The van der Waals surface area contributed by atoms with Crippen LogP contribution in [0.1, 0.15) is 73.3 Å². The van der Waals surface area contributed by atoms with Crippen LogP contribution in [-0.4, -0.2) is 95.4 Å². The van der Waals surface area contributed by atoms with Crippen LogP contribution in [0.3, 0.4) is 0 Å². The van der Waals surface area contributed by atoms with Crippen LogP contribution in [0.2, 0.25) is 0 Å². The number of esters is 1. The largest absolute Gasteiger partial charge is 0.506 e. The topological polar surface area (TPSA) is 144 Å². The van der Waals surface area contributed by atoms with Crippen molar-refractivity contribution < 1.29 is 29.3 Å². The second kappa shape index (κ2) is 17.4. The number of aliphatic hydroxyl groups is 1. The number of amides is 1. The second-order valence-corrected chi connectivity index (χ2v) is 15.6. The number of phenolic OH excluding ortho intramolecular Hbond substituents is 1. The molecular formula is C44H54N4O7. The quantitative estimate of drug-likeness (QED) is 0.0958. The molecule has 11 nitrogen and oxygen atoms in total. The first-order valence-electron chi connectivity index (χ1n) is 19.9. The molecule has 0 unspecified atom stereocenters. The normalized spacial score (nSPS) is 21.0. The van der Waals surface area contributed by atoms with Crippen LogP contribution in [0, 0.1) is 12.8 Å². The SMILES string of the molecule is Cc1cc(CC(=O)N2CCC(C(=O)O[C@H]3CN4CCC3CC4)(c3ccccc3)CC2)ccc1OCCCCCNC[C@H](O)c1ccc(O)c2[nH]c(=O)ccc12. The maximum Gasteiger partial charge on any atom is 0.317 e. The average Bonchev–Trinajstić information content (AvgIpc) is 3.20. The molecule has 4 fully saturated rings. The number of rotatable bonds is 15. The van der Waals surface area contributed by atoms with Crippen molar-refractivity contribution >= 4 is 22.8 Å². The summed E-state index contributed by atoms with van der Waals surface area (Å²) in [5.41, 5.74) is 2.83. The predicted molar refractivity (Wildman–Crippen MR) is 211 cm³/mol. The monoisotopic (exact) mass is 750 g/mol. The van der Waals surface area contributed by atoms with Crippen LogP contribution in [0.5, 0.6) is 11.5 Å². The lowest BCUT2D eigenvalue weighted by molar-refractivity contribution is -0.168. The summed E-state index contributed by atoms with van der Waals surface area (Å²) in [5.74, 6) is 1.16. The first kappa shape index (κ1) is 38.6. The summed E-state index contributed by atoms with van der Waals surface area (Å²) >= 11 is 0. The van der Waals surface area contributed by atoms with Crippen LogP contribution < -0.4 is 15.6 Å². The molecule has 292 valence electrons. The minimum absolute atomic E-state index is 0.0277. The molecule has 4 saturated heterocycles. The Morgan fingerprint density at radius 2 is 1.75 bits per heavy atom. The van der Waals surface area contributed by atoms with Gasteiger partial charge in [0.1, 0.15) is 17.6 Å². The molecule has 4 aromatic rings. The third kappa shape index (κ3) is 8.90. The van der Waals surface area contributed by atoms with E-state index in [2.05, 4.69) is 15.2 Å². The van der Waals surface area contributed by atoms with Gasteiger partial charge in [-0.15, -0.1) is 0 Å². The molecule has 1 amide bonds. The molecule has 55 heavy (non-hydrogen) atoms.